The summed E-state index contributed by atoms with van der Waals surface area (Å²) in [4.78, 5) is 12.9. The molecule has 0 unspecified atom stereocenters. The number of hydrogen-bond donors (Lipinski definition) is 1. The van der Waals surface area contributed by atoms with E-state index < -0.39 is 17.5 Å². The molecule has 0 aliphatic carbocycles. The van der Waals surface area contributed by atoms with Crippen molar-refractivity contribution in [3.05, 3.63) is 74.6 Å². The van der Waals surface area contributed by atoms with Crippen LogP contribution in [0.15, 0.2) is 47.8 Å². The first-order chi connectivity index (χ1) is 12.2. The van der Waals surface area contributed by atoms with Crippen LogP contribution in [0.1, 0.15) is 21.5 Å². The number of halogens is 5. The van der Waals surface area contributed by atoms with E-state index in [1.165, 1.54) is 30.3 Å². The molecule has 0 amide bonds. The van der Waals surface area contributed by atoms with E-state index in [2.05, 4.69) is 0 Å². The van der Waals surface area contributed by atoms with Gasteiger partial charge in [0.15, 0.2) is 5.78 Å². The highest BCUT2D eigenvalue weighted by Gasteiger charge is 2.31. The summed E-state index contributed by atoms with van der Waals surface area (Å²) in [5.41, 5.74) is 6.12. The van der Waals surface area contributed by atoms with Crippen LogP contribution < -0.4 is 5.73 Å². The zero-order valence-electron chi connectivity index (χ0n) is 12.9. The van der Waals surface area contributed by atoms with Gasteiger partial charge < -0.3 is 5.73 Å². The van der Waals surface area contributed by atoms with Gasteiger partial charge >= 0.3 is 6.18 Å². The highest BCUT2D eigenvalue weighted by atomic mass is 35.5. The van der Waals surface area contributed by atoms with Crippen molar-refractivity contribution in [2.75, 3.05) is 5.73 Å². The fraction of sp³-hybridized carbons (Fsp3) is 0.0556. The minimum atomic E-state index is -4.48. The summed E-state index contributed by atoms with van der Waals surface area (Å²) >= 11 is 12.9. The molecule has 134 valence electrons. The smallest absolute Gasteiger partial charge is 0.390 e. The van der Waals surface area contributed by atoms with Gasteiger partial charge in [-0.25, -0.2) is 0 Å². The Hall–Kier alpha value is -2.02. The average Bonchev–Trinajstić information content (AvgIpc) is 2.97. The van der Waals surface area contributed by atoms with Crippen LogP contribution in [0.5, 0.6) is 0 Å². The highest BCUT2D eigenvalue weighted by molar-refractivity contribution is 7.15. The number of alkyl halides is 3. The molecule has 3 aromatic rings. The molecule has 2 nitrogen and oxygen atoms in total. The van der Waals surface area contributed by atoms with Gasteiger partial charge in [-0.15, -0.1) is 11.3 Å². The van der Waals surface area contributed by atoms with E-state index in [0.29, 0.717) is 10.6 Å². The molecule has 2 N–H and O–H groups in total. The first-order valence-electron chi connectivity index (χ1n) is 7.23. The number of nitrogen functional groups attached to an aromatic ring is 1. The van der Waals surface area contributed by atoms with Gasteiger partial charge in [-0.3, -0.25) is 4.79 Å². The maximum Gasteiger partial charge on any atom is 0.416 e. The molecule has 0 bridgehead atoms. The van der Waals surface area contributed by atoms with Crippen LogP contribution >= 0.6 is 34.5 Å². The summed E-state index contributed by atoms with van der Waals surface area (Å²) in [5, 5.41) is 2.27. The molecule has 0 spiro atoms. The van der Waals surface area contributed by atoms with Crippen molar-refractivity contribution in [3.8, 4) is 11.1 Å². The minimum absolute atomic E-state index is 0.146. The molecule has 8 heteroatoms. The second-order valence-electron chi connectivity index (χ2n) is 5.43. The molecule has 0 saturated heterocycles. The summed E-state index contributed by atoms with van der Waals surface area (Å²) < 4.78 is 38.9. The molecule has 0 aliphatic rings. The Morgan fingerprint density at radius 1 is 1.04 bits per heavy atom. The molecule has 1 aromatic heterocycles. The number of carbonyl (C=O) groups excluding carboxylic acids is 1. The first-order valence-corrected chi connectivity index (χ1v) is 8.86. The molecule has 0 radical (unpaired) electrons. The number of benzene rings is 2. The fourth-order valence-electron chi connectivity index (χ4n) is 2.46. The Morgan fingerprint density at radius 3 is 2.42 bits per heavy atom. The third-order valence-corrected chi connectivity index (χ3v) is 5.28. The SMILES string of the molecule is Nc1scc(-c2cccc(C(F)(F)F)c2)c1C(=O)c1ccc(Cl)c(Cl)c1. The highest BCUT2D eigenvalue weighted by Crippen LogP contribution is 2.38. The number of rotatable bonds is 3. The second kappa shape index (κ2) is 6.95. The van der Waals surface area contributed by atoms with Gasteiger partial charge in [0.2, 0.25) is 0 Å². The molecular formula is C18H10Cl2F3NOS. The van der Waals surface area contributed by atoms with Gasteiger partial charge in [0.1, 0.15) is 0 Å². The van der Waals surface area contributed by atoms with E-state index in [-0.39, 0.29) is 26.7 Å². The lowest BCUT2D eigenvalue weighted by Crippen LogP contribution is -2.06. The van der Waals surface area contributed by atoms with Gasteiger partial charge in [0.25, 0.3) is 0 Å². The van der Waals surface area contributed by atoms with E-state index in [1.54, 1.807) is 5.38 Å². The molecule has 0 fully saturated rings. The molecule has 3 rings (SSSR count). The van der Waals surface area contributed by atoms with Crippen molar-refractivity contribution < 1.29 is 18.0 Å². The Bertz CT molecular complexity index is 998. The Morgan fingerprint density at radius 2 is 1.77 bits per heavy atom. The zero-order chi connectivity index (χ0) is 19.1. The molecule has 26 heavy (non-hydrogen) atoms. The number of anilines is 1. The fourth-order valence-corrected chi connectivity index (χ4v) is 3.58. The lowest BCUT2D eigenvalue weighted by molar-refractivity contribution is -0.137. The van der Waals surface area contributed by atoms with Crippen LogP contribution in [-0.2, 0) is 6.18 Å². The third-order valence-electron chi connectivity index (χ3n) is 3.73. The van der Waals surface area contributed by atoms with Crippen molar-refractivity contribution in [1.29, 1.82) is 0 Å². The lowest BCUT2D eigenvalue weighted by atomic mass is 9.96. The maximum absolute atomic E-state index is 13.0. The Labute approximate surface area is 161 Å². The van der Waals surface area contributed by atoms with Crippen LogP contribution in [0.25, 0.3) is 11.1 Å². The monoisotopic (exact) mass is 415 g/mol. The first kappa shape index (κ1) is 18.8. The summed E-state index contributed by atoms with van der Waals surface area (Å²) in [6.07, 6.45) is -4.48. The van der Waals surface area contributed by atoms with Gasteiger partial charge in [-0.1, -0.05) is 35.3 Å². The topological polar surface area (TPSA) is 43.1 Å². The standard InChI is InChI=1S/C18H10Cl2F3NOS/c19-13-5-4-10(7-14(13)20)16(25)15-12(8-26-17(15)24)9-2-1-3-11(6-9)18(21,22)23/h1-8H,24H2. The third kappa shape index (κ3) is 3.58. The molecule has 0 atom stereocenters. The van der Waals surface area contributed by atoms with E-state index in [4.69, 9.17) is 28.9 Å². The molecule has 2 aromatic carbocycles. The Kier molecular flexibility index (Phi) is 5.01. The van der Waals surface area contributed by atoms with Crippen LogP contribution in [0, 0.1) is 0 Å². The minimum Gasteiger partial charge on any atom is -0.390 e. The summed E-state index contributed by atoms with van der Waals surface area (Å²) in [7, 11) is 0. The van der Waals surface area contributed by atoms with E-state index in [9.17, 15) is 18.0 Å². The molecule has 0 saturated carbocycles. The summed E-state index contributed by atoms with van der Waals surface area (Å²) in [6.45, 7) is 0. The lowest BCUT2D eigenvalue weighted by Gasteiger charge is -2.10. The maximum atomic E-state index is 13.0. The summed E-state index contributed by atoms with van der Waals surface area (Å²) in [5.74, 6) is -0.435. The van der Waals surface area contributed by atoms with Crippen molar-refractivity contribution in [3.63, 3.8) is 0 Å². The van der Waals surface area contributed by atoms with Crippen LogP contribution in [-0.4, -0.2) is 5.78 Å². The number of ketones is 1. The Balaban J connectivity index is 2.10. The quantitative estimate of drug-likeness (QED) is 0.492. The average molecular weight is 416 g/mol. The van der Waals surface area contributed by atoms with Gasteiger partial charge in [-0.05, 0) is 35.9 Å². The normalized spacial score (nSPS) is 11.6. The van der Waals surface area contributed by atoms with Gasteiger partial charge in [0.05, 0.1) is 26.2 Å². The molecular weight excluding hydrogens is 406 g/mol. The van der Waals surface area contributed by atoms with Crippen molar-refractivity contribution in [2.45, 2.75) is 6.18 Å². The van der Waals surface area contributed by atoms with Crippen molar-refractivity contribution >= 4 is 45.3 Å². The number of thiophene rings is 1. The van der Waals surface area contributed by atoms with E-state index in [0.717, 1.165) is 23.5 Å². The van der Waals surface area contributed by atoms with E-state index >= 15 is 0 Å². The van der Waals surface area contributed by atoms with Crippen LogP contribution in [0.3, 0.4) is 0 Å². The van der Waals surface area contributed by atoms with E-state index in [1.807, 2.05) is 0 Å². The summed E-state index contributed by atoms with van der Waals surface area (Å²) in [6, 6.07) is 9.13. The van der Waals surface area contributed by atoms with Gasteiger partial charge in [-0.2, -0.15) is 13.2 Å². The van der Waals surface area contributed by atoms with Crippen LogP contribution in [0.4, 0.5) is 18.2 Å². The van der Waals surface area contributed by atoms with Gasteiger partial charge in [0, 0.05) is 16.5 Å². The zero-order valence-corrected chi connectivity index (χ0v) is 15.2. The number of carbonyl (C=O) groups is 1. The molecule has 1 heterocycles. The van der Waals surface area contributed by atoms with Crippen molar-refractivity contribution in [2.24, 2.45) is 0 Å². The second-order valence-corrected chi connectivity index (χ2v) is 7.15. The number of nitrogens with two attached hydrogens (primary N) is 1. The van der Waals surface area contributed by atoms with Crippen LogP contribution in [0.2, 0.25) is 10.0 Å². The van der Waals surface area contributed by atoms with Crippen molar-refractivity contribution in [1.82, 2.24) is 0 Å². The number of hydrogen-bond acceptors (Lipinski definition) is 3. The predicted octanol–water partition coefficient (Wildman–Crippen LogP) is 6.55. The predicted molar refractivity (Wildman–Crippen MR) is 99.1 cm³/mol. The molecule has 0 aliphatic heterocycles. The largest absolute Gasteiger partial charge is 0.416 e.